The lowest BCUT2D eigenvalue weighted by molar-refractivity contribution is 0.00841. The lowest BCUT2D eigenvalue weighted by Crippen LogP contribution is -2.47. The van der Waals surface area contributed by atoms with Crippen molar-refractivity contribution in [3.05, 3.63) is 24.6 Å². The SMILES string of the molecule is C=C1CCNC(C)(OC)C(=C)N1. The summed E-state index contributed by atoms with van der Waals surface area (Å²) in [6.07, 6.45) is 0.901. The van der Waals surface area contributed by atoms with Gasteiger partial charge in [-0.25, -0.2) is 0 Å². The summed E-state index contributed by atoms with van der Waals surface area (Å²) in [7, 11) is 1.66. The maximum absolute atomic E-state index is 5.30. The summed E-state index contributed by atoms with van der Waals surface area (Å²) in [5.74, 6) is 0. The van der Waals surface area contributed by atoms with Crippen LogP contribution in [0.4, 0.5) is 0 Å². The van der Waals surface area contributed by atoms with E-state index < -0.39 is 5.72 Å². The van der Waals surface area contributed by atoms with E-state index >= 15 is 0 Å². The second-order valence-corrected chi connectivity index (χ2v) is 3.12. The molecule has 12 heavy (non-hydrogen) atoms. The highest BCUT2D eigenvalue weighted by Crippen LogP contribution is 2.17. The predicted molar refractivity (Wildman–Crippen MR) is 49.4 cm³/mol. The lowest BCUT2D eigenvalue weighted by atomic mass is 10.2. The first kappa shape index (κ1) is 9.29. The molecule has 1 heterocycles. The molecule has 3 nitrogen and oxygen atoms in total. The Labute approximate surface area is 73.5 Å². The van der Waals surface area contributed by atoms with Gasteiger partial charge < -0.3 is 10.1 Å². The molecule has 68 valence electrons. The summed E-state index contributed by atoms with van der Waals surface area (Å²) in [6.45, 7) is 10.5. The predicted octanol–water partition coefficient (Wildman–Crippen LogP) is 0.959. The molecule has 1 aliphatic heterocycles. The summed E-state index contributed by atoms with van der Waals surface area (Å²) >= 11 is 0. The van der Waals surface area contributed by atoms with Crippen molar-refractivity contribution in [3.8, 4) is 0 Å². The molecule has 1 saturated heterocycles. The van der Waals surface area contributed by atoms with Gasteiger partial charge in [0, 0.05) is 19.4 Å². The van der Waals surface area contributed by atoms with Crippen molar-refractivity contribution in [1.82, 2.24) is 10.6 Å². The van der Waals surface area contributed by atoms with Gasteiger partial charge in [0.1, 0.15) is 0 Å². The molecule has 0 aromatic heterocycles. The van der Waals surface area contributed by atoms with Crippen molar-refractivity contribution in [2.45, 2.75) is 19.1 Å². The Bertz CT molecular complexity index is 213. The third kappa shape index (κ3) is 1.68. The molecule has 0 saturated carbocycles. The largest absolute Gasteiger partial charge is 0.360 e. The van der Waals surface area contributed by atoms with Gasteiger partial charge in [0.15, 0.2) is 5.72 Å². The second kappa shape index (κ2) is 3.29. The quantitative estimate of drug-likeness (QED) is 0.612. The monoisotopic (exact) mass is 168 g/mol. The minimum Gasteiger partial charge on any atom is -0.360 e. The van der Waals surface area contributed by atoms with Gasteiger partial charge in [-0.1, -0.05) is 13.2 Å². The highest BCUT2D eigenvalue weighted by Gasteiger charge is 2.28. The molecule has 0 radical (unpaired) electrons. The molecule has 1 atom stereocenters. The molecule has 1 fully saturated rings. The van der Waals surface area contributed by atoms with E-state index in [1.807, 2.05) is 6.92 Å². The van der Waals surface area contributed by atoms with Gasteiger partial charge in [-0.2, -0.15) is 0 Å². The average Bonchev–Trinajstić information content (AvgIpc) is 2.14. The van der Waals surface area contributed by atoms with E-state index in [4.69, 9.17) is 4.74 Å². The summed E-state index contributed by atoms with van der Waals surface area (Å²) in [6, 6.07) is 0. The van der Waals surface area contributed by atoms with Gasteiger partial charge in [-0.15, -0.1) is 0 Å². The van der Waals surface area contributed by atoms with Crippen molar-refractivity contribution in [3.63, 3.8) is 0 Å². The normalized spacial score (nSPS) is 31.2. The van der Waals surface area contributed by atoms with Crippen LogP contribution < -0.4 is 10.6 Å². The summed E-state index contributed by atoms with van der Waals surface area (Å²) < 4.78 is 5.30. The van der Waals surface area contributed by atoms with Crippen LogP contribution in [-0.4, -0.2) is 19.4 Å². The van der Waals surface area contributed by atoms with Crippen LogP contribution in [-0.2, 0) is 4.74 Å². The third-order valence-electron chi connectivity index (χ3n) is 2.20. The van der Waals surface area contributed by atoms with Crippen molar-refractivity contribution >= 4 is 0 Å². The molecule has 0 aromatic carbocycles. The van der Waals surface area contributed by atoms with Crippen LogP contribution in [0.25, 0.3) is 0 Å². The first-order valence-corrected chi connectivity index (χ1v) is 4.03. The highest BCUT2D eigenvalue weighted by atomic mass is 16.5. The number of ether oxygens (including phenoxy) is 1. The summed E-state index contributed by atoms with van der Waals surface area (Å²) in [5, 5.41) is 6.35. The van der Waals surface area contributed by atoms with Gasteiger partial charge in [0.05, 0.1) is 5.70 Å². The summed E-state index contributed by atoms with van der Waals surface area (Å²) in [4.78, 5) is 0. The minimum absolute atomic E-state index is 0.473. The van der Waals surface area contributed by atoms with Crippen LogP contribution in [0.3, 0.4) is 0 Å². The van der Waals surface area contributed by atoms with Crippen LogP contribution in [0.1, 0.15) is 13.3 Å². The van der Waals surface area contributed by atoms with E-state index in [1.165, 1.54) is 0 Å². The van der Waals surface area contributed by atoms with Crippen LogP contribution in [0.5, 0.6) is 0 Å². The first-order chi connectivity index (χ1) is 5.58. The van der Waals surface area contributed by atoms with Crippen molar-refractivity contribution < 1.29 is 4.74 Å². The van der Waals surface area contributed by atoms with Gasteiger partial charge in [-0.05, 0) is 13.3 Å². The molecule has 1 unspecified atom stereocenters. The molecule has 0 aliphatic carbocycles. The Morgan fingerprint density at radius 3 is 2.75 bits per heavy atom. The van der Waals surface area contributed by atoms with Crippen molar-refractivity contribution in [1.29, 1.82) is 0 Å². The Kier molecular flexibility index (Phi) is 2.55. The number of hydrogen-bond acceptors (Lipinski definition) is 3. The fourth-order valence-corrected chi connectivity index (χ4v) is 1.15. The number of hydrogen-bond donors (Lipinski definition) is 2. The molecule has 0 bridgehead atoms. The Morgan fingerprint density at radius 2 is 2.17 bits per heavy atom. The topological polar surface area (TPSA) is 33.3 Å². The zero-order chi connectivity index (χ0) is 9.19. The van der Waals surface area contributed by atoms with E-state index in [1.54, 1.807) is 7.11 Å². The molecular weight excluding hydrogens is 152 g/mol. The highest BCUT2D eigenvalue weighted by molar-refractivity contribution is 5.16. The maximum Gasteiger partial charge on any atom is 0.156 e. The Hall–Kier alpha value is -0.800. The second-order valence-electron chi connectivity index (χ2n) is 3.12. The van der Waals surface area contributed by atoms with Crippen molar-refractivity contribution in [2.24, 2.45) is 0 Å². The van der Waals surface area contributed by atoms with E-state index in [9.17, 15) is 0 Å². The van der Waals surface area contributed by atoms with Crippen LogP contribution in [0, 0.1) is 0 Å². The van der Waals surface area contributed by atoms with Gasteiger partial charge >= 0.3 is 0 Å². The standard InChI is InChI=1S/C9H16N2O/c1-7-5-6-10-9(3,12-4)8(2)11-7/h10-11H,1-2,5-6H2,3-4H3. The summed E-state index contributed by atoms with van der Waals surface area (Å²) in [5.41, 5.74) is 1.32. The number of methoxy groups -OCH3 is 1. The smallest absolute Gasteiger partial charge is 0.156 e. The van der Waals surface area contributed by atoms with E-state index in [2.05, 4.69) is 23.8 Å². The van der Waals surface area contributed by atoms with Gasteiger partial charge in [-0.3, -0.25) is 5.32 Å². The minimum atomic E-state index is -0.473. The molecular formula is C9H16N2O. The zero-order valence-electron chi connectivity index (χ0n) is 7.74. The van der Waals surface area contributed by atoms with Gasteiger partial charge in [0.2, 0.25) is 0 Å². The molecule has 0 aromatic rings. The number of rotatable bonds is 1. The molecule has 2 N–H and O–H groups in total. The zero-order valence-corrected chi connectivity index (χ0v) is 7.74. The van der Waals surface area contributed by atoms with Crippen LogP contribution >= 0.6 is 0 Å². The fraction of sp³-hybridized carbons (Fsp3) is 0.556. The molecule has 0 spiro atoms. The van der Waals surface area contributed by atoms with E-state index in [0.717, 1.165) is 24.4 Å². The van der Waals surface area contributed by atoms with Gasteiger partial charge in [0.25, 0.3) is 0 Å². The lowest BCUT2D eigenvalue weighted by Gasteiger charge is -2.29. The van der Waals surface area contributed by atoms with Crippen LogP contribution in [0.15, 0.2) is 24.6 Å². The fourth-order valence-electron chi connectivity index (χ4n) is 1.15. The maximum atomic E-state index is 5.30. The van der Waals surface area contributed by atoms with E-state index in [-0.39, 0.29) is 0 Å². The van der Waals surface area contributed by atoms with E-state index in [0.29, 0.717) is 0 Å². The van der Waals surface area contributed by atoms with Crippen molar-refractivity contribution in [2.75, 3.05) is 13.7 Å². The Morgan fingerprint density at radius 1 is 1.50 bits per heavy atom. The molecule has 3 heteroatoms. The third-order valence-corrected chi connectivity index (χ3v) is 2.20. The Balaban J connectivity index is 2.76. The molecule has 0 amide bonds. The first-order valence-electron chi connectivity index (χ1n) is 4.03. The number of nitrogens with one attached hydrogen (secondary N) is 2. The molecule has 1 rings (SSSR count). The van der Waals surface area contributed by atoms with Crippen LogP contribution in [0.2, 0.25) is 0 Å². The average molecular weight is 168 g/mol. The molecule has 1 aliphatic rings.